The van der Waals surface area contributed by atoms with Gasteiger partial charge in [0, 0.05) is 5.69 Å². The van der Waals surface area contributed by atoms with E-state index in [9.17, 15) is 9.59 Å². The molecule has 0 heterocycles. The van der Waals surface area contributed by atoms with Crippen LogP contribution in [0.25, 0.3) is 0 Å². The molecule has 0 aromatic heterocycles. The predicted molar refractivity (Wildman–Crippen MR) is 64.8 cm³/mol. The predicted octanol–water partition coefficient (Wildman–Crippen LogP) is 1.77. The fourth-order valence-corrected chi connectivity index (χ4v) is 1.47. The maximum Gasteiger partial charge on any atom is 0.337 e. The summed E-state index contributed by atoms with van der Waals surface area (Å²) in [6.07, 6.45) is 1.86. The molecule has 0 saturated heterocycles. The third-order valence-electron chi connectivity index (χ3n) is 1.87. The highest BCUT2D eigenvalue weighted by molar-refractivity contribution is 7.99. The highest BCUT2D eigenvalue weighted by Gasteiger charge is 2.05. The van der Waals surface area contributed by atoms with Crippen LogP contribution in [-0.2, 0) is 9.53 Å². The van der Waals surface area contributed by atoms with Crippen molar-refractivity contribution in [1.29, 1.82) is 0 Å². The Morgan fingerprint density at radius 3 is 2.44 bits per heavy atom. The van der Waals surface area contributed by atoms with Crippen LogP contribution in [0.2, 0.25) is 0 Å². The van der Waals surface area contributed by atoms with E-state index in [1.165, 1.54) is 18.9 Å². The number of hydrogen-bond donors (Lipinski definition) is 1. The molecular formula is C11H13NO3S. The summed E-state index contributed by atoms with van der Waals surface area (Å²) in [5.41, 5.74) is 1.14. The van der Waals surface area contributed by atoms with Gasteiger partial charge in [0.25, 0.3) is 0 Å². The molecule has 0 bridgehead atoms. The van der Waals surface area contributed by atoms with Gasteiger partial charge in [0.15, 0.2) is 0 Å². The second-order valence-corrected chi connectivity index (χ2v) is 3.92. The van der Waals surface area contributed by atoms with E-state index in [4.69, 9.17) is 0 Å². The van der Waals surface area contributed by atoms with E-state index >= 15 is 0 Å². The Morgan fingerprint density at radius 1 is 1.31 bits per heavy atom. The Balaban J connectivity index is 2.64. The van der Waals surface area contributed by atoms with Gasteiger partial charge in [-0.3, -0.25) is 4.79 Å². The van der Waals surface area contributed by atoms with Crippen molar-refractivity contribution in [3.8, 4) is 0 Å². The molecule has 0 spiro atoms. The molecule has 0 aliphatic carbocycles. The number of ether oxygens (including phenoxy) is 1. The first kappa shape index (κ1) is 12.6. The van der Waals surface area contributed by atoms with Gasteiger partial charge in [-0.1, -0.05) is 0 Å². The summed E-state index contributed by atoms with van der Waals surface area (Å²) in [5, 5.41) is 2.72. The third kappa shape index (κ3) is 3.58. The van der Waals surface area contributed by atoms with E-state index in [2.05, 4.69) is 10.1 Å². The van der Waals surface area contributed by atoms with Crippen LogP contribution in [0, 0.1) is 0 Å². The number of thioether (sulfide) groups is 1. The highest BCUT2D eigenvalue weighted by atomic mass is 32.2. The molecule has 16 heavy (non-hydrogen) atoms. The van der Waals surface area contributed by atoms with E-state index in [0.29, 0.717) is 17.0 Å². The number of hydrogen-bond acceptors (Lipinski definition) is 4. The monoisotopic (exact) mass is 239 g/mol. The molecule has 86 valence electrons. The van der Waals surface area contributed by atoms with E-state index in [1.807, 2.05) is 6.26 Å². The first-order chi connectivity index (χ1) is 7.67. The lowest BCUT2D eigenvalue weighted by molar-refractivity contribution is -0.113. The van der Waals surface area contributed by atoms with Crippen molar-refractivity contribution < 1.29 is 14.3 Å². The van der Waals surface area contributed by atoms with Crippen LogP contribution in [0.5, 0.6) is 0 Å². The summed E-state index contributed by atoms with van der Waals surface area (Å²) >= 11 is 1.45. The van der Waals surface area contributed by atoms with Gasteiger partial charge in [0.2, 0.25) is 5.91 Å². The lowest BCUT2D eigenvalue weighted by atomic mass is 10.2. The van der Waals surface area contributed by atoms with Crippen LogP contribution < -0.4 is 5.32 Å². The average Bonchev–Trinajstić information content (AvgIpc) is 2.29. The molecule has 1 rings (SSSR count). The normalized spacial score (nSPS) is 9.62. The molecule has 0 radical (unpaired) electrons. The molecule has 1 amide bonds. The highest BCUT2D eigenvalue weighted by Crippen LogP contribution is 2.10. The topological polar surface area (TPSA) is 55.4 Å². The summed E-state index contributed by atoms with van der Waals surface area (Å²) in [6, 6.07) is 6.57. The average molecular weight is 239 g/mol. The Kier molecular flexibility index (Phi) is 4.85. The second kappa shape index (κ2) is 6.17. The maximum absolute atomic E-state index is 11.3. The smallest absolute Gasteiger partial charge is 0.337 e. The number of amides is 1. The minimum atomic E-state index is -0.387. The first-order valence-corrected chi connectivity index (χ1v) is 6.04. The summed E-state index contributed by atoms with van der Waals surface area (Å²) in [6.45, 7) is 0. The largest absolute Gasteiger partial charge is 0.465 e. The summed E-state index contributed by atoms with van der Waals surface area (Å²) in [5.74, 6) is -0.0287. The molecule has 0 aliphatic rings. The van der Waals surface area contributed by atoms with Crippen molar-refractivity contribution in [2.75, 3.05) is 24.4 Å². The molecule has 0 aliphatic heterocycles. The molecule has 4 nitrogen and oxygen atoms in total. The zero-order valence-electron chi connectivity index (χ0n) is 9.15. The van der Waals surface area contributed by atoms with E-state index in [0.717, 1.165) is 0 Å². The van der Waals surface area contributed by atoms with E-state index in [1.54, 1.807) is 24.3 Å². The molecular weight excluding hydrogens is 226 g/mol. The Hall–Kier alpha value is -1.49. The summed E-state index contributed by atoms with van der Waals surface area (Å²) in [4.78, 5) is 22.4. The number of anilines is 1. The molecule has 1 aromatic carbocycles. The number of carbonyl (C=O) groups excluding carboxylic acids is 2. The zero-order valence-corrected chi connectivity index (χ0v) is 9.97. The van der Waals surface area contributed by atoms with Crippen LogP contribution in [0.15, 0.2) is 24.3 Å². The Labute approximate surface area is 98.4 Å². The fourth-order valence-electron chi connectivity index (χ4n) is 1.14. The number of carbonyl (C=O) groups is 2. The fraction of sp³-hybridized carbons (Fsp3) is 0.273. The van der Waals surface area contributed by atoms with Crippen molar-refractivity contribution in [3.63, 3.8) is 0 Å². The Morgan fingerprint density at radius 2 is 1.94 bits per heavy atom. The SMILES string of the molecule is COC(=O)c1ccc(NC(=O)CSC)cc1. The van der Waals surface area contributed by atoms with Gasteiger partial charge < -0.3 is 10.1 Å². The van der Waals surface area contributed by atoms with Gasteiger partial charge in [0.1, 0.15) is 0 Å². The van der Waals surface area contributed by atoms with Gasteiger partial charge >= 0.3 is 5.97 Å². The third-order valence-corrected chi connectivity index (χ3v) is 2.42. The van der Waals surface area contributed by atoms with Crippen molar-refractivity contribution in [2.45, 2.75) is 0 Å². The van der Waals surface area contributed by atoms with E-state index in [-0.39, 0.29) is 11.9 Å². The number of esters is 1. The van der Waals surface area contributed by atoms with Crippen LogP contribution in [0.3, 0.4) is 0 Å². The minimum Gasteiger partial charge on any atom is -0.465 e. The molecule has 1 aromatic rings. The first-order valence-electron chi connectivity index (χ1n) is 4.64. The Bertz CT molecular complexity index is 375. The summed E-state index contributed by atoms with van der Waals surface area (Å²) in [7, 11) is 1.33. The zero-order chi connectivity index (χ0) is 12.0. The van der Waals surface area contributed by atoms with Crippen LogP contribution in [0.4, 0.5) is 5.69 Å². The molecule has 5 heteroatoms. The van der Waals surface area contributed by atoms with Crippen LogP contribution in [-0.4, -0.2) is 31.0 Å². The number of benzene rings is 1. The van der Waals surface area contributed by atoms with E-state index < -0.39 is 0 Å². The quantitative estimate of drug-likeness (QED) is 0.814. The van der Waals surface area contributed by atoms with Crippen LogP contribution >= 0.6 is 11.8 Å². The van der Waals surface area contributed by atoms with Crippen LogP contribution in [0.1, 0.15) is 10.4 Å². The molecule has 0 saturated carbocycles. The van der Waals surface area contributed by atoms with Crippen molar-refractivity contribution in [2.24, 2.45) is 0 Å². The van der Waals surface area contributed by atoms with Gasteiger partial charge in [-0.15, -0.1) is 0 Å². The van der Waals surface area contributed by atoms with Gasteiger partial charge in [-0.05, 0) is 30.5 Å². The molecule has 0 fully saturated rings. The molecule has 1 N–H and O–H groups in total. The second-order valence-electron chi connectivity index (χ2n) is 3.05. The summed E-state index contributed by atoms with van der Waals surface area (Å²) < 4.78 is 4.57. The standard InChI is InChI=1S/C11H13NO3S/c1-15-11(14)8-3-5-9(6-4-8)12-10(13)7-16-2/h3-6H,7H2,1-2H3,(H,12,13). The van der Waals surface area contributed by atoms with Gasteiger partial charge in [0.05, 0.1) is 18.4 Å². The van der Waals surface area contributed by atoms with Crippen molar-refractivity contribution in [3.05, 3.63) is 29.8 Å². The lowest BCUT2D eigenvalue weighted by Crippen LogP contribution is -2.13. The maximum atomic E-state index is 11.3. The lowest BCUT2D eigenvalue weighted by Gasteiger charge is -2.04. The number of nitrogens with one attached hydrogen (secondary N) is 1. The van der Waals surface area contributed by atoms with Gasteiger partial charge in [-0.2, -0.15) is 11.8 Å². The number of methoxy groups -OCH3 is 1. The minimum absolute atomic E-state index is 0.0571. The molecule has 0 unspecified atom stereocenters. The van der Waals surface area contributed by atoms with Crippen molar-refractivity contribution in [1.82, 2.24) is 0 Å². The van der Waals surface area contributed by atoms with Gasteiger partial charge in [-0.25, -0.2) is 4.79 Å². The van der Waals surface area contributed by atoms with Crippen molar-refractivity contribution >= 4 is 29.3 Å². The molecule has 0 atom stereocenters. The number of rotatable bonds is 4.